The van der Waals surface area contributed by atoms with E-state index in [2.05, 4.69) is 24.3 Å². The topological polar surface area (TPSA) is 26.3 Å². The van der Waals surface area contributed by atoms with Gasteiger partial charge in [-0.05, 0) is 37.0 Å². The molecule has 118 valence electrons. The third kappa shape index (κ3) is 4.32. The minimum atomic E-state index is -0.212. The van der Waals surface area contributed by atoms with Gasteiger partial charge in [0.1, 0.15) is 6.10 Å². The van der Waals surface area contributed by atoms with Crippen LogP contribution in [-0.4, -0.2) is 12.1 Å². The first-order valence-electron chi connectivity index (χ1n) is 8.32. The summed E-state index contributed by atoms with van der Waals surface area (Å²) in [6.07, 6.45) is 8.68. The first kappa shape index (κ1) is 15.5. The lowest BCUT2D eigenvalue weighted by molar-refractivity contribution is 0.00970. The van der Waals surface area contributed by atoms with E-state index in [9.17, 15) is 4.79 Å². The number of hydrogen-bond donors (Lipinski definition) is 0. The fourth-order valence-corrected chi connectivity index (χ4v) is 3.07. The number of benzene rings is 2. The highest BCUT2D eigenvalue weighted by atomic mass is 16.5. The van der Waals surface area contributed by atoms with Crippen LogP contribution in [0.3, 0.4) is 0 Å². The molecule has 1 saturated carbocycles. The van der Waals surface area contributed by atoms with Crippen LogP contribution in [0.1, 0.15) is 41.6 Å². The largest absolute Gasteiger partial charge is 0.458 e. The lowest BCUT2D eigenvalue weighted by atomic mass is 9.85. The number of esters is 1. The SMILES string of the molecule is O=C(O[C@H]1CCCC[C@H]1/C=C/c1ccccc1)c1ccccc1. The Kier molecular flexibility index (Phi) is 5.25. The number of ether oxygens (including phenoxy) is 1. The van der Waals surface area contributed by atoms with Crippen LogP contribution < -0.4 is 0 Å². The molecule has 2 atom stereocenters. The van der Waals surface area contributed by atoms with Crippen LogP contribution in [0.2, 0.25) is 0 Å². The maximum Gasteiger partial charge on any atom is 0.338 e. The van der Waals surface area contributed by atoms with E-state index in [-0.39, 0.29) is 12.1 Å². The van der Waals surface area contributed by atoms with Gasteiger partial charge in [0.15, 0.2) is 0 Å². The molecule has 0 N–H and O–H groups in total. The average Bonchev–Trinajstić information content (AvgIpc) is 2.62. The Morgan fingerprint density at radius 2 is 1.57 bits per heavy atom. The normalized spacial score (nSPS) is 21.2. The first-order valence-corrected chi connectivity index (χ1v) is 8.32. The molecule has 2 nitrogen and oxygen atoms in total. The van der Waals surface area contributed by atoms with Gasteiger partial charge in [-0.25, -0.2) is 4.79 Å². The molecular weight excluding hydrogens is 284 g/mol. The van der Waals surface area contributed by atoms with Crippen LogP contribution in [0.15, 0.2) is 66.7 Å². The van der Waals surface area contributed by atoms with Crippen molar-refractivity contribution in [1.82, 2.24) is 0 Å². The van der Waals surface area contributed by atoms with Crippen molar-refractivity contribution in [3.8, 4) is 0 Å². The van der Waals surface area contributed by atoms with E-state index in [1.165, 1.54) is 12.0 Å². The highest BCUT2D eigenvalue weighted by molar-refractivity contribution is 5.89. The Hall–Kier alpha value is -2.35. The molecule has 0 aromatic heterocycles. The van der Waals surface area contributed by atoms with Crippen molar-refractivity contribution in [3.63, 3.8) is 0 Å². The molecule has 0 saturated heterocycles. The summed E-state index contributed by atoms with van der Waals surface area (Å²) in [4.78, 5) is 12.3. The summed E-state index contributed by atoms with van der Waals surface area (Å²) in [5.74, 6) is 0.0900. The summed E-state index contributed by atoms with van der Waals surface area (Å²) >= 11 is 0. The molecule has 0 radical (unpaired) electrons. The van der Waals surface area contributed by atoms with E-state index in [0.717, 1.165) is 19.3 Å². The third-order valence-electron chi connectivity index (χ3n) is 4.36. The van der Waals surface area contributed by atoms with Crippen molar-refractivity contribution < 1.29 is 9.53 Å². The predicted molar refractivity (Wildman–Crippen MR) is 93.1 cm³/mol. The molecule has 0 heterocycles. The molecular formula is C21H22O2. The fourth-order valence-electron chi connectivity index (χ4n) is 3.07. The molecule has 2 heteroatoms. The van der Waals surface area contributed by atoms with Crippen molar-refractivity contribution in [2.24, 2.45) is 5.92 Å². The van der Waals surface area contributed by atoms with Crippen molar-refractivity contribution in [3.05, 3.63) is 77.9 Å². The molecule has 1 aliphatic rings. The van der Waals surface area contributed by atoms with Crippen LogP contribution >= 0.6 is 0 Å². The Bertz CT molecular complexity index is 646. The quantitative estimate of drug-likeness (QED) is 0.733. The van der Waals surface area contributed by atoms with Gasteiger partial charge in [-0.2, -0.15) is 0 Å². The van der Waals surface area contributed by atoms with Crippen molar-refractivity contribution in [1.29, 1.82) is 0 Å². The van der Waals surface area contributed by atoms with Gasteiger partial charge in [-0.1, -0.05) is 67.1 Å². The van der Waals surface area contributed by atoms with Crippen molar-refractivity contribution in [2.45, 2.75) is 31.8 Å². The van der Waals surface area contributed by atoms with Gasteiger partial charge in [0.05, 0.1) is 5.56 Å². The minimum Gasteiger partial charge on any atom is -0.458 e. The average molecular weight is 306 g/mol. The molecule has 1 fully saturated rings. The molecule has 0 aliphatic heterocycles. The third-order valence-corrected chi connectivity index (χ3v) is 4.36. The summed E-state index contributed by atoms with van der Waals surface area (Å²) in [5.41, 5.74) is 1.81. The van der Waals surface area contributed by atoms with Gasteiger partial charge in [0.2, 0.25) is 0 Å². The number of carbonyl (C=O) groups is 1. The number of carbonyl (C=O) groups excluding carboxylic acids is 1. The van der Waals surface area contributed by atoms with Crippen LogP contribution in [0.4, 0.5) is 0 Å². The van der Waals surface area contributed by atoms with Crippen LogP contribution in [-0.2, 0) is 4.74 Å². The summed E-state index contributed by atoms with van der Waals surface area (Å²) in [7, 11) is 0. The zero-order valence-electron chi connectivity index (χ0n) is 13.2. The second-order valence-electron chi connectivity index (χ2n) is 6.03. The Morgan fingerprint density at radius 3 is 2.30 bits per heavy atom. The number of rotatable bonds is 4. The van der Waals surface area contributed by atoms with Crippen molar-refractivity contribution in [2.75, 3.05) is 0 Å². The lowest BCUT2D eigenvalue weighted by Crippen LogP contribution is -2.29. The number of hydrogen-bond acceptors (Lipinski definition) is 2. The van der Waals surface area contributed by atoms with Gasteiger partial charge >= 0.3 is 5.97 Å². The Balaban J connectivity index is 1.67. The minimum absolute atomic E-state index is 0.0172. The zero-order valence-corrected chi connectivity index (χ0v) is 13.2. The molecule has 0 amide bonds. The van der Waals surface area contributed by atoms with E-state index >= 15 is 0 Å². The van der Waals surface area contributed by atoms with E-state index in [0.29, 0.717) is 11.5 Å². The monoisotopic (exact) mass is 306 g/mol. The molecule has 2 aromatic rings. The molecule has 23 heavy (non-hydrogen) atoms. The van der Waals surface area contributed by atoms with E-state index in [1.807, 2.05) is 36.4 Å². The molecule has 1 aliphatic carbocycles. The van der Waals surface area contributed by atoms with Gasteiger partial charge < -0.3 is 4.74 Å². The second kappa shape index (κ2) is 7.77. The Labute approximate surface area is 137 Å². The second-order valence-corrected chi connectivity index (χ2v) is 6.03. The fraction of sp³-hybridized carbons (Fsp3) is 0.286. The van der Waals surface area contributed by atoms with Gasteiger partial charge in [-0.3, -0.25) is 0 Å². The molecule has 0 unspecified atom stereocenters. The standard InChI is InChI=1S/C21H22O2/c22-21(19-12-5-2-6-13-19)23-20-14-8-7-11-18(20)16-15-17-9-3-1-4-10-17/h1-6,9-10,12-13,15-16,18,20H,7-8,11,14H2/b16-15+/t18-,20-/m0/s1. The lowest BCUT2D eigenvalue weighted by Gasteiger charge is -2.29. The van der Waals surface area contributed by atoms with Gasteiger partial charge in [0, 0.05) is 5.92 Å². The summed E-state index contributed by atoms with van der Waals surface area (Å²) < 4.78 is 5.79. The highest BCUT2D eigenvalue weighted by Gasteiger charge is 2.26. The zero-order chi connectivity index (χ0) is 15.9. The van der Waals surface area contributed by atoms with Gasteiger partial charge in [0.25, 0.3) is 0 Å². The summed E-state index contributed by atoms with van der Waals surface area (Å²) in [6.45, 7) is 0. The van der Waals surface area contributed by atoms with Crippen LogP contribution in [0.5, 0.6) is 0 Å². The van der Waals surface area contributed by atoms with Crippen LogP contribution in [0.25, 0.3) is 6.08 Å². The molecule has 2 aromatic carbocycles. The van der Waals surface area contributed by atoms with Crippen molar-refractivity contribution >= 4 is 12.0 Å². The maximum absolute atomic E-state index is 12.3. The summed E-state index contributed by atoms with van der Waals surface area (Å²) in [5, 5.41) is 0. The maximum atomic E-state index is 12.3. The van der Waals surface area contributed by atoms with Crippen LogP contribution in [0, 0.1) is 5.92 Å². The van der Waals surface area contributed by atoms with Gasteiger partial charge in [-0.15, -0.1) is 0 Å². The molecule has 3 rings (SSSR count). The predicted octanol–water partition coefficient (Wildman–Crippen LogP) is 5.12. The highest BCUT2D eigenvalue weighted by Crippen LogP contribution is 2.29. The first-order chi connectivity index (χ1) is 11.3. The molecule has 0 bridgehead atoms. The smallest absolute Gasteiger partial charge is 0.338 e. The van der Waals surface area contributed by atoms with E-state index < -0.39 is 0 Å². The summed E-state index contributed by atoms with van der Waals surface area (Å²) in [6, 6.07) is 19.5. The van der Waals surface area contributed by atoms with E-state index in [4.69, 9.17) is 4.74 Å². The van der Waals surface area contributed by atoms with E-state index in [1.54, 1.807) is 12.1 Å². The Morgan fingerprint density at radius 1 is 0.913 bits per heavy atom. The molecule has 0 spiro atoms.